The standard InChI is InChI=1S/C11H10Br2N4O2/c1-18-9-10(17-14)15-5-16-11(9)19-8-3-2-6(12)4-7(8)13/h2-5H,14H2,1H3,(H,15,16,17). The fraction of sp³-hybridized carbons (Fsp3) is 0.0909. The van der Waals surface area contributed by atoms with E-state index in [1.807, 2.05) is 12.1 Å². The molecule has 0 bridgehead atoms. The molecule has 0 amide bonds. The second kappa shape index (κ2) is 6.18. The van der Waals surface area contributed by atoms with Crippen molar-refractivity contribution in [3.8, 4) is 17.4 Å². The average Bonchev–Trinajstić information content (AvgIpc) is 2.41. The van der Waals surface area contributed by atoms with Crippen LogP contribution in [0.5, 0.6) is 17.4 Å². The smallest absolute Gasteiger partial charge is 0.268 e. The van der Waals surface area contributed by atoms with Gasteiger partial charge in [-0.2, -0.15) is 4.98 Å². The van der Waals surface area contributed by atoms with Gasteiger partial charge >= 0.3 is 0 Å². The summed E-state index contributed by atoms with van der Waals surface area (Å²) in [5.74, 6) is 6.90. The van der Waals surface area contributed by atoms with Gasteiger partial charge in [-0.05, 0) is 34.1 Å². The Hall–Kier alpha value is -1.38. The molecule has 1 aromatic carbocycles. The molecule has 1 heterocycles. The van der Waals surface area contributed by atoms with Crippen molar-refractivity contribution in [2.45, 2.75) is 0 Å². The van der Waals surface area contributed by atoms with Crippen LogP contribution in [0.3, 0.4) is 0 Å². The SMILES string of the molecule is COc1c(NN)ncnc1Oc1ccc(Br)cc1Br. The fourth-order valence-electron chi connectivity index (χ4n) is 1.38. The Morgan fingerprint density at radius 3 is 2.68 bits per heavy atom. The first-order valence-electron chi connectivity index (χ1n) is 5.14. The van der Waals surface area contributed by atoms with Gasteiger partial charge in [0.25, 0.3) is 5.88 Å². The van der Waals surface area contributed by atoms with Crippen molar-refractivity contribution in [2.75, 3.05) is 12.5 Å². The van der Waals surface area contributed by atoms with Crippen LogP contribution in [0.1, 0.15) is 0 Å². The Bertz CT molecular complexity index is 595. The van der Waals surface area contributed by atoms with Crippen molar-refractivity contribution in [1.82, 2.24) is 9.97 Å². The molecule has 0 fully saturated rings. The van der Waals surface area contributed by atoms with E-state index in [-0.39, 0.29) is 5.88 Å². The van der Waals surface area contributed by atoms with E-state index in [9.17, 15) is 0 Å². The minimum atomic E-state index is 0.272. The van der Waals surface area contributed by atoms with E-state index < -0.39 is 0 Å². The number of hydrogen-bond donors (Lipinski definition) is 2. The number of benzene rings is 1. The third-order valence-corrected chi connectivity index (χ3v) is 3.33. The molecule has 0 aliphatic rings. The lowest BCUT2D eigenvalue weighted by molar-refractivity contribution is 0.368. The second-order valence-electron chi connectivity index (χ2n) is 3.38. The van der Waals surface area contributed by atoms with Crippen LogP contribution >= 0.6 is 31.9 Å². The van der Waals surface area contributed by atoms with Gasteiger partial charge in [-0.25, -0.2) is 10.8 Å². The van der Waals surface area contributed by atoms with Crippen LogP contribution in [-0.2, 0) is 0 Å². The molecule has 100 valence electrons. The molecule has 0 radical (unpaired) electrons. The number of nitrogens with two attached hydrogens (primary N) is 1. The maximum atomic E-state index is 5.69. The summed E-state index contributed by atoms with van der Waals surface area (Å²) >= 11 is 6.78. The third kappa shape index (κ3) is 3.14. The van der Waals surface area contributed by atoms with E-state index in [1.165, 1.54) is 13.4 Å². The number of methoxy groups -OCH3 is 1. The maximum Gasteiger partial charge on any atom is 0.268 e. The van der Waals surface area contributed by atoms with Gasteiger partial charge in [-0.3, -0.25) is 0 Å². The summed E-state index contributed by atoms with van der Waals surface area (Å²) in [4.78, 5) is 7.97. The molecule has 8 heteroatoms. The van der Waals surface area contributed by atoms with E-state index in [1.54, 1.807) is 6.07 Å². The molecule has 0 spiro atoms. The van der Waals surface area contributed by atoms with E-state index in [4.69, 9.17) is 15.3 Å². The van der Waals surface area contributed by atoms with Crippen LogP contribution in [0.4, 0.5) is 5.82 Å². The van der Waals surface area contributed by atoms with E-state index in [0.29, 0.717) is 17.3 Å². The number of ether oxygens (including phenoxy) is 2. The molecule has 2 aromatic rings. The number of nitrogens with zero attached hydrogens (tertiary/aromatic N) is 2. The first-order valence-corrected chi connectivity index (χ1v) is 6.72. The summed E-state index contributed by atoms with van der Waals surface area (Å²) in [5, 5.41) is 0. The zero-order valence-corrected chi connectivity index (χ0v) is 13.0. The maximum absolute atomic E-state index is 5.69. The molecule has 3 N–H and O–H groups in total. The van der Waals surface area contributed by atoms with Crippen molar-refractivity contribution in [2.24, 2.45) is 5.84 Å². The summed E-state index contributed by atoms with van der Waals surface area (Å²) in [6.07, 6.45) is 1.33. The van der Waals surface area contributed by atoms with E-state index in [0.717, 1.165) is 8.95 Å². The van der Waals surface area contributed by atoms with Gasteiger partial charge < -0.3 is 14.9 Å². The normalized spacial score (nSPS) is 10.1. The summed E-state index contributed by atoms with van der Waals surface area (Å²) in [6.45, 7) is 0. The van der Waals surface area contributed by atoms with Crippen molar-refractivity contribution < 1.29 is 9.47 Å². The lowest BCUT2D eigenvalue weighted by Gasteiger charge is -2.12. The molecule has 0 aliphatic carbocycles. The molecule has 0 saturated heterocycles. The van der Waals surface area contributed by atoms with Gasteiger partial charge in [0.2, 0.25) is 5.75 Å². The van der Waals surface area contributed by atoms with E-state index >= 15 is 0 Å². The lowest BCUT2D eigenvalue weighted by atomic mass is 10.3. The van der Waals surface area contributed by atoms with Crippen molar-refractivity contribution in [3.63, 3.8) is 0 Å². The van der Waals surface area contributed by atoms with Gasteiger partial charge in [0.1, 0.15) is 12.1 Å². The zero-order valence-electron chi connectivity index (χ0n) is 9.85. The van der Waals surface area contributed by atoms with Crippen molar-refractivity contribution in [3.05, 3.63) is 33.5 Å². The molecule has 19 heavy (non-hydrogen) atoms. The number of aromatic nitrogens is 2. The molecule has 0 unspecified atom stereocenters. The van der Waals surface area contributed by atoms with Crippen LogP contribution in [0.25, 0.3) is 0 Å². The molecule has 0 aliphatic heterocycles. The van der Waals surface area contributed by atoms with Gasteiger partial charge in [0.15, 0.2) is 5.82 Å². The number of rotatable bonds is 4. The van der Waals surface area contributed by atoms with Crippen LogP contribution in [-0.4, -0.2) is 17.1 Å². The molecule has 1 aromatic heterocycles. The number of nitrogen functional groups attached to an aromatic ring is 1. The van der Waals surface area contributed by atoms with E-state index in [2.05, 4.69) is 47.3 Å². The molecular weight excluding hydrogens is 380 g/mol. The van der Waals surface area contributed by atoms with Crippen LogP contribution in [0.2, 0.25) is 0 Å². The third-order valence-electron chi connectivity index (χ3n) is 2.21. The topological polar surface area (TPSA) is 82.3 Å². The largest absolute Gasteiger partial charge is 0.489 e. The minimum absolute atomic E-state index is 0.272. The predicted octanol–water partition coefficient (Wildman–Crippen LogP) is 3.09. The number of halogens is 2. The first kappa shape index (κ1) is 14.0. The fourth-order valence-corrected chi connectivity index (χ4v) is 2.51. The monoisotopic (exact) mass is 388 g/mol. The number of hydrogen-bond acceptors (Lipinski definition) is 6. The predicted molar refractivity (Wildman–Crippen MR) is 78.3 cm³/mol. The summed E-state index contributed by atoms with van der Waals surface area (Å²) < 4.78 is 12.6. The van der Waals surface area contributed by atoms with Crippen LogP contribution < -0.4 is 20.7 Å². The molecule has 0 atom stereocenters. The number of anilines is 1. The highest BCUT2D eigenvalue weighted by atomic mass is 79.9. The molecule has 6 nitrogen and oxygen atoms in total. The minimum Gasteiger partial charge on any atom is -0.489 e. The quantitative estimate of drug-likeness (QED) is 0.617. The Morgan fingerprint density at radius 2 is 2.05 bits per heavy atom. The Labute approximate surface area is 126 Å². The molecular formula is C11H10Br2N4O2. The van der Waals surface area contributed by atoms with Gasteiger partial charge in [0, 0.05) is 4.47 Å². The highest BCUT2D eigenvalue weighted by molar-refractivity contribution is 9.11. The highest BCUT2D eigenvalue weighted by Crippen LogP contribution is 2.37. The first-order chi connectivity index (χ1) is 9.15. The zero-order chi connectivity index (χ0) is 13.8. The highest BCUT2D eigenvalue weighted by Gasteiger charge is 2.14. The Kier molecular flexibility index (Phi) is 4.56. The molecule has 2 rings (SSSR count). The van der Waals surface area contributed by atoms with Gasteiger partial charge in [-0.15, -0.1) is 0 Å². The summed E-state index contributed by atoms with van der Waals surface area (Å²) in [6, 6.07) is 5.52. The second-order valence-corrected chi connectivity index (χ2v) is 5.15. The van der Waals surface area contributed by atoms with Crippen LogP contribution in [0, 0.1) is 0 Å². The Balaban J connectivity index is 2.37. The average molecular weight is 390 g/mol. The number of nitrogens with one attached hydrogen (secondary N) is 1. The van der Waals surface area contributed by atoms with Crippen molar-refractivity contribution >= 4 is 37.7 Å². The lowest BCUT2D eigenvalue weighted by Crippen LogP contribution is -2.11. The Morgan fingerprint density at radius 1 is 1.26 bits per heavy atom. The van der Waals surface area contributed by atoms with Crippen LogP contribution in [0.15, 0.2) is 33.5 Å². The summed E-state index contributed by atoms with van der Waals surface area (Å²) in [5.41, 5.74) is 2.42. The van der Waals surface area contributed by atoms with Crippen molar-refractivity contribution in [1.29, 1.82) is 0 Å². The van der Waals surface area contributed by atoms with Gasteiger partial charge in [0.05, 0.1) is 11.6 Å². The molecule has 0 saturated carbocycles. The number of hydrazine groups is 1. The summed E-state index contributed by atoms with van der Waals surface area (Å²) in [7, 11) is 1.49. The van der Waals surface area contributed by atoms with Gasteiger partial charge in [-0.1, -0.05) is 15.9 Å².